The molecule has 1 saturated carbocycles. The monoisotopic (exact) mass is 249 g/mol. The van der Waals surface area contributed by atoms with E-state index in [9.17, 15) is 0 Å². The highest BCUT2D eigenvalue weighted by atomic mass is 16.5. The molecule has 2 rings (SSSR count). The Hall–Kier alpha value is -1.22. The summed E-state index contributed by atoms with van der Waals surface area (Å²) in [7, 11) is 0. The van der Waals surface area contributed by atoms with Crippen LogP contribution < -0.4 is 14.8 Å². The molecule has 0 spiro atoms. The Balaban J connectivity index is 1.88. The van der Waals surface area contributed by atoms with E-state index >= 15 is 0 Å². The summed E-state index contributed by atoms with van der Waals surface area (Å²) in [6, 6.07) is 8.55. The first-order valence-electron chi connectivity index (χ1n) is 6.94. The summed E-state index contributed by atoms with van der Waals surface area (Å²) in [5.41, 5.74) is 0. The van der Waals surface area contributed by atoms with Crippen molar-refractivity contribution in [2.45, 2.75) is 45.3 Å². The molecule has 0 heterocycles. The van der Waals surface area contributed by atoms with Crippen LogP contribution in [0.1, 0.15) is 33.1 Å². The first-order chi connectivity index (χ1) is 8.81. The Morgan fingerprint density at radius 3 is 2.83 bits per heavy atom. The highest BCUT2D eigenvalue weighted by Crippen LogP contribution is 2.26. The molecule has 1 aliphatic carbocycles. The molecule has 1 aliphatic rings. The molecule has 0 amide bonds. The van der Waals surface area contributed by atoms with E-state index in [0.29, 0.717) is 18.8 Å². The Kier molecular flexibility index (Phi) is 4.88. The van der Waals surface area contributed by atoms with Crippen LogP contribution in [0.25, 0.3) is 0 Å². The fourth-order valence-electron chi connectivity index (χ4n) is 2.52. The van der Waals surface area contributed by atoms with Crippen LogP contribution in [-0.4, -0.2) is 25.3 Å². The maximum Gasteiger partial charge on any atom is 0.123 e. The third-order valence-electron chi connectivity index (χ3n) is 3.30. The Labute approximate surface area is 109 Å². The molecule has 100 valence electrons. The standard InChI is InChI=1S/C15H23NO2/c1-3-16-12-8-9-15(10-12)18-14-7-5-6-13(11-14)17-4-2/h5-7,11-12,15-16H,3-4,8-10H2,1-2H3. The van der Waals surface area contributed by atoms with Crippen molar-refractivity contribution in [3.05, 3.63) is 24.3 Å². The van der Waals surface area contributed by atoms with Gasteiger partial charge in [0.15, 0.2) is 0 Å². The second kappa shape index (κ2) is 6.64. The Morgan fingerprint density at radius 2 is 2.06 bits per heavy atom. The van der Waals surface area contributed by atoms with Gasteiger partial charge in [-0.05, 0) is 44.9 Å². The summed E-state index contributed by atoms with van der Waals surface area (Å²) in [5, 5.41) is 3.49. The zero-order valence-electron chi connectivity index (χ0n) is 11.3. The summed E-state index contributed by atoms with van der Waals surface area (Å²) in [4.78, 5) is 0. The van der Waals surface area contributed by atoms with Gasteiger partial charge in [-0.1, -0.05) is 13.0 Å². The molecule has 2 atom stereocenters. The van der Waals surface area contributed by atoms with Crippen molar-refractivity contribution in [1.82, 2.24) is 5.32 Å². The van der Waals surface area contributed by atoms with Crippen LogP contribution in [0, 0.1) is 0 Å². The number of rotatable bonds is 6. The largest absolute Gasteiger partial charge is 0.494 e. The highest BCUT2D eigenvalue weighted by molar-refractivity contribution is 5.33. The summed E-state index contributed by atoms with van der Waals surface area (Å²) in [6.07, 6.45) is 3.79. The smallest absolute Gasteiger partial charge is 0.123 e. The van der Waals surface area contributed by atoms with E-state index in [-0.39, 0.29) is 0 Å². The summed E-state index contributed by atoms with van der Waals surface area (Å²) in [6.45, 7) is 5.87. The predicted molar refractivity (Wildman–Crippen MR) is 73.3 cm³/mol. The van der Waals surface area contributed by atoms with Crippen molar-refractivity contribution in [3.8, 4) is 11.5 Å². The van der Waals surface area contributed by atoms with Crippen LogP contribution >= 0.6 is 0 Å². The molecule has 1 aromatic carbocycles. The van der Waals surface area contributed by atoms with Gasteiger partial charge in [0.1, 0.15) is 17.6 Å². The highest BCUT2D eigenvalue weighted by Gasteiger charge is 2.25. The van der Waals surface area contributed by atoms with Gasteiger partial charge in [-0.3, -0.25) is 0 Å². The second-order valence-corrected chi connectivity index (χ2v) is 4.72. The SMILES string of the molecule is CCNC1CCC(Oc2cccc(OCC)c2)C1. The van der Waals surface area contributed by atoms with E-state index < -0.39 is 0 Å². The topological polar surface area (TPSA) is 30.5 Å². The lowest BCUT2D eigenvalue weighted by molar-refractivity contribution is 0.205. The van der Waals surface area contributed by atoms with E-state index in [1.54, 1.807) is 0 Å². The molecule has 0 aliphatic heterocycles. The van der Waals surface area contributed by atoms with Gasteiger partial charge in [0, 0.05) is 12.1 Å². The minimum absolute atomic E-state index is 0.339. The number of benzene rings is 1. The van der Waals surface area contributed by atoms with E-state index in [4.69, 9.17) is 9.47 Å². The van der Waals surface area contributed by atoms with E-state index in [1.807, 2.05) is 31.2 Å². The molecule has 0 saturated heterocycles. The van der Waals surface area contributed by atoms with Crippen LogP contribution in [0.2, 0.25) is 0 Å². The van der Waals surface area contributed by atoms with Crippen molar-refractivity contribution >= 4 is 0 Å². The van der Waals surface area contributed by atoms with Crippen molar-refractivity contribution in [2.24, 2.45) is 0 Å². The molecule has 3 nitrogen and oxygen atoms in total. The molecular formula is C15H23NO2. The van der Waals surface area contributed by atoms with Crippen LogP contribution in [-0.2, 0) is 0 Å². The van der Waals surface area contributed by atoms with Gasteiger partial charge in [-0.25, -0.2) is 0 Å². The van der Waals surface area contributed by atoms with E-state index in [1.165, 1.54) is 6.42 Å². The predicted octanol–water partition coefficient (Wildman–Crippen LogP) is 2.99. The molecule has 3 heteroatoms. The van der Waals surface area contributed by atoms with Crippen LogP contribution in [0.15, 0.2) is 24.3 Å². The fourth-order valence-corrected chi connectivity index (χ4v) is 2.52. The summed E-state index contributed by atoms with van der Waals surface area (Å²) in [5.74, 6) is 1.80. The number of nitrogens with one attached hydrogen (secondary N) is 1. The average molecular weight is 249 g/mol. The van der Waals surface area contributed by atoms with E-state index in [2.05, 4.69) is 12.2 Å². The zero-order chi connectivity index (χ0) is 12.8. The van der Waals surface area contributed by atoms with E-state index in [0.717, 1.165) is 30.9 Å². The summed E-state index contributed by atoms with van der Waals surface area (Å²) < 4.78 is 11.5. The molecule has 2 unspecified atom stereocenters. The second-order valence-electron chi connectivity index (χ2n) is 4.72. The zero-order valence-corrected chi connectivity index (χ0v) is 11.3. The molecular weight excluding hydrogens is 226 g/mol. The molecule has 0 radical (unpaired) electrons. The first kappa shape index (κ1) is 13.2. The minimum atomic E-state index is 0.339. The number of ether oxygens (including phenoxy) is 2. The van der Waals surface area contributed by atoms with Gasteiger partial charge in [0.25, 0.3) is 0 Å². The van der Waals surface area contributed by atoms with Crippen molar-refractivity contribution < 1.29 is 9.47 Å². The lowest BCUT2D eigenvalue weighted by atomic mass is 10.2. The van der Waals surface area contributed by atoms with Gasteiger partial charge < -0.3 is 14.8 Å². The molecule has 0 aromatic heterocycles. The van der Waals surface area contributed by atoms with Gasteiger partial charge >= 0.3 is 0 Å². The first-order valence-corrected chi connectivity index (χ1v) is 6.94. The molecule has 18 heavy (non-hydrogen) atoms. The van der Waals surface area contributed by atoms with Crippen molar-refractivity contribution in [2.75, 3.05) is 13.2 Å². The van der Waals surface area contributed by atoms with Crippen molar-refractivity contribution in [1.29, 1.82) is 0 Å². The molecule has 0 bridgehead atoms. The van der Waals surface area contributed by atoms with Crippen molar-refractivity contribution in [3.63, 3.8) is 0 Å². The number of hydrogen-bond donors (Lipinski definition) is 1. The molecule has 1 aromatic rings. The minimum Gasteiger partial charge on any atom is -0.494 e. The fraction of sp³-hybridized carbons (Fsp3) is 0.600. The van der Waals surface area contributed by atoms with Gasteiger partial charge in [0.2, 0.25) is 0 Å². The van der Waals surface area contributed by atoms with Crippen LogP contribution in [0.3, 0.4) is 0 Å². The molecule has 1 fully saturated rings. The van der Waals surface area contributed by atoms with Gasteiger partial charge in [-0.2, -0.15) is 0 Å². The lowest BCUT2D eigenvalue weighted by Gasteiger charge is -2.15. The number of hydrogen-bond acceptors (Lipinski definition) is 3. The molecule has 1 N–H and O–H groups in total. The quantitative estimate of drug-likeness (QED) is 0.840. The maximum absolute atomic E-state index is 6.02. The third-order valence-corrected chi connectivity index (χ3v) is 3.30. The van der Waals surface area contributed by atoms with Crippen LogP contribution in [0.5, 0.6) is 11.5 Å². The third kappa shape index (κ3) is 3.64. The summed E-state index contributed by atoms with van der Waals surface area (Å²) >= 11 is 0. The van der Waals surface area contributed by atoms with Gasteiger partial charge in [0.05, 0.1) is 6.61 Å². The average Bonchev–Trinajstić information content (AvgIpc) is 2.78. The normalized spacial score (nSPS) is 23.0. The van der Waals surface area contributed by atoms with Gasteiger partial charge in [-0.15, -0.1) is 0 Å². The Bertz CT molecular complexity index is 367. The lowest BCUT2D eigenvalue weighted by Crippen LogP contribution is -2.27. The van der Waals surface area contributed by atoms with Crippen LogP contribution in [0.4, 0.5) is 0 Å². The Morgan fingerprint density at radius 1 is 1.22 bits per heavy atom. The maximum atomic E-state index is 6.02.